The topological polar surface area (TPSA) is 40.6 Å². The highest BCUT2D eigenvalue weighted by Gasteiger charge is 2.30. The number of carbonyl (C=O) groups is 2. The van der Waals surface area contributed by atoms with Crippen LogP contribution in [-0.4, -0.2) is 42.8 Å². The number of Topliss-reactive ketones (excluding diaryl/α,β-unsaturated/α-hetero) is 1. The normalized spacial score (nSPS) is 20.7. The molecular weight excluding hydrogens is 264 g/mol. The number of hydrogen-bond acceptors (Lipinski definition) is 3. The van der Waals surface area contributed by atoms with Crippen molar-refractivity contribution in [3.8, 4) is 0 Å². The van der Waals surface area contributed by atoms with Crippen LogP contribution in [0.4, 0.5) is 5.69 Å². The smallest absolute Gasteiger partial charge is 0.225 e. The monoisotopic (exact) mass is 286 g/mol. The lowest BCUT2D eigenvalue weighted by molar-refractivity contribution is -0.137. The van der Waals surface area contributed by atoms with Gasteiger partial charge in [0.2, 0.25) is 5.91 Å². The molecule has 1 saturated carbocycles. The maximum absolute atomic E-state index is 12.5. The van der Waals surface area contributed by atoms with Gasteiger partial charge < -0.3 is 9.80 Å². The Kier molecular flexibility index (Phi) is 4.23. The van der Waals surface area contributed by atoms with Gasteiger partial charge in [0.15, 0.2) is 0 Å². The van der Waals surface area contributed by atoms with Gasteiger partial charge in [-0.3, -0.25) is 9.59 Å². The Balaban J connectivity index is 1.53. The highest BCUT2D eigenvalue weighted by Crippen LogP contribution is 2.24. The largest absolute Gasteiger partial charge is 0.368 e. The summed E-state index contributed by atoms with van der Waals surface area (Å²) in [5.74, 6) is 0.647. The Morgan fingerprint density at radius 2 is 1.57 bits per heavy atom. The van der Waals surface area contributed by atoms with Crippen LogP contribution in [0.1, 0.15) is 25.7 Å². The van der Waals surface area contributed by atoms with Crippen LogP contribution in [0.15, 0.2) is 30.3 Å². The van der Waals surface area contributed by atoms with E-state index in [0.29, 0.717) is 18.6 Å². The molecule has 1 aromatic carbocycles. The van der Waals surface area contributed by atoms with Crippen LogP contribution >= 0.6 is 0 Å². The minimum absolute atomic E-state index is 0.0750. The summed E-state index contributed by atoms with van der Waals surface area (Å²) < 4.78 is 0. The molecule has 1 heterocycles. The first-order valence-corrected chi connectivity index (χ1v) is 7.84. The van der Waals surface area contributed by atoms with Crippen LogP contribution in [0, 0.1) is 5.92 Å². The van der Waals surface area contributed by atoms with Crippen molar-refractivity contribution in [1.82, 2.24) is 4.90 Å². The first-order chi connectivity index (χ1) is 10.2. The molecule has 0 aromatic heterocycles. The van der Waals surface area contributed by atoms with Gasteiger partial charge in [-0.2, -0.15) is 0 Å². The molecule has 112 valence electrons. The minimum atomic E-state index is 0.0750. The molecule has 0 bridgehead atoms. The van der Waals surface area contributed by atoms with Gasteiger partial charge in [-0.25, -0.2) is 0 Å². The molecule has 2 aliphatic rings. The third-order valence-corrected chi connectivity index (χ3v) is 4.61. The number of piperazine rings is 1. The lowest BCUT2D eigenvalue weighted by Gasteiger charge is -2.38. The molecule has 1 aliphatic heterocycles. The molecule has 3 rings (SSSR count). The van der Waals surface area contributed by atoms with Gasteiger partial charge >= 0.3 is 0 Å². The summed E-state index contributed by atoms with van der Waals surface area (Å²) >= 11 is 0. The summed E-state index contributed by atoms with van der Waals surface area (Å²) in [7, 11) is 0. The number of rotatable bonds is 2. The first kappa shape index (κ1) is 14.1. The second-order valence-electron chi connectivity index (χ2n) is 5.96. The van der Waals surface area contributed by atoms with Gasteiger partial charge in [-0.1, -0.05) is 18.2 Å². The van der Waals surface area contributed by atoms with E-state index in [9.17, 15) is 9.59 Å². The van der Waals surface area contributed by atoms with E-state index in [1.54, 1.807) is 0 Å². The van der Waals surface area contributed by atoms with E-state index in [1.165, 1.54) is 5.69 Å². The predicted octanol–water partition coefficient (Wildman–Crippen LogP) is 2.09. The number of amides is 1. The Morgan fingerprint density at radius 3 is 2.19 bits per heavy atom. The third-order valence-electron chi connectivity index (χ3n) is 4.61. The Morgan fingerprint density at radius 1 is 0.952 bits per heavy atom. The van der Waals surface area contributed by atoms with Crippen LogP contribution < -0.4 is 4.90 Å². The lowest BCUT2D eigenvalue weighted by Crippen LogP contribution is -2.50. The zero-order valence-electron chi connectivity index (χ0n) is 12.3. The molecule has 1 aromatic rings. The van der Waals surface area contributed by atoms with Crippen LogP contribution in [-0.2, 0) is 9.59 Å². The summed E-state index contributed by atoms with van der Waals surface area (Å²) in [6.07, 6.45) is 2.66. The summed E-state index contributed by atoms with van der Waals surface area (Å²) in [5.41, 5.74) is 1.23. The van der Waals surface area contributed by atoms with Gasteiger partial charge in [-0.05, 0) is 25.0 Å². The van der Waals surface area contributed by atoms with Crippen molar-refractivity contribution < 1.29 is 9.59 Å². The fraction of sp³-hybridized carbons (Fsp3) is 0.529. The standard InChI is InChI=1S/C17H22N2O2/c20-16-8-6-14(7-9-16)17(21)19-12-10-18(11-13-19)15-4-2-1-3-5-15/h1-5,14H,6-13H2. The zero-order chi connectivity index (χ0) is 14.7. The van der Waals surface area contributed by atoms with E-state index in [-0.39, 0.29) is 11.8 Å². The number of carbonyl (C=O) groups excluding carboxylic acids is 2. The molecule has 4 heteroatoms. The number of hydrogen-bond donors (Lipinski definition) is 0. The maximum atomic E-state index is 12.5. The number of nitrogens with zero attached hydrogens (tertiary/aromatic N) is 2. The van der Waals surface area contributed by atoms with Crippen molar-refractivity contribution in [1.29, 1.82) is 0 Å². The van der Waals surface area contributed by atoms with Crippen molar-refractivity contribution in [3.05, 3.63) is 30.3 Å². The van der Waals surface area contributed by atoms with Crippen molar-refractivity contribution >= 4 is 17.4 Å². The number of para-hydroxylation sites is 1. The van der Waals surface area contributed by atoms with Crippen molar-refractivity contribution in [3.63, 3.8) is 0 Å². The highest BCUT2D eigenvalue weighted by molar-refractivity contribution is 5.84. The lowest BCUT2D eigenvalue weighted by atomic mass is 9.87. The van der Waals surface area contributed by atoms with E-state index >= 15 is 0 Å². The Hall–Kier alpha value is -1.84. The van der Waals surface area contributed by atoms with E-state index in [1.807, 2.05) is 23.1 Å². The fourth-order valence-corrected chi connectivity index (χ4v) is 3.27. The predicted molar refractivity (Wildman–Crippen MR) is 82.2 cm³/mol. The van der Waals surface area contributed by atoms with Crippen LogP contribution in [0.25, 0.3) is 0 Å². The van der Waals surface area contributed by atoms with Gasteiger partial charge in [0.25, 0.3) is 0 Å². The minimum Gasteiger partial charge on any atom is -0.368 e. The summed E-state index contributed by atoms with van der Waals surface area (Å²) in [6.45, 7) is 3.36. The Labute approximate surface area is 125 Å². The summed E-state index contributed by atoms with van der Waals surface area (Å²) in [5, 5.41) is 0. The molecule has 1 saturated heterocycles. The molecule has 4 nitrogen and oxygen atoms in total. The zero-order valence-corrected chi connectivity index (χ0v) is 12.3. The Bertz CT molecular complexity index is 497. The quantitative estimate of drug-likeness (QED) is 0.836. The second kappa shape index (κ2) is 6.29. The average Bonchev–Trinajstić information content (AvgIpc) is 2.56. The van der Waals surface area contributed by atoms with E-state index in [2.05, 4.69) is 17.0 Å². The van der Waals surface area contributed by atoms with Crippen LogP contribution in [0.3, 0.4) is 0 Å². The average molecular weight is 286 g/mol. The molecule has 0 N–H and O–H groups in total. The second-order valence-corrected chi connectivity index (χ2v) is 5.96. The molecule has 1 aliphatic carbocycles. The molecule has 0 unspecified atom stereocenters. The number of ketones is 1. The third kappa shape index (κ3) is 3.26. The molecule has 0 atom stereocenters. The SMILES string of the molecule is O=C1CCC(C(=O)N2CCN(c3ccccc3)CC2)CC1. The van der Waals surface area contributed by atoms with Gasteiger partial charge in [0, 0.05) is 50.6 Å². The van der Waals surface area contributed by atoms with E-state index in [0.717, 1.165) is 39.0 Å². The van der Waals surface area contributed by atoms with Crippen molar-refractivity contribution in [2.45, 2.75) is 25.7 Å². The first-order valence-electron chi connectivity index (χ1n) is 7.84. The van der Waals surface area contributed by atoms with Gasteiger partial charge in [0.05, 0.1) is 0 Å². The molecular formula is C17H22N2O2. The maximum Gasteiger partial charge on any atom is 0.225 e. The summed E-state index contributed by atoms with van der Waals surface area (Å²) in [6, 6.07) is 10.3. The molecule has 21 heavy (non-hydrogen) atoms. The number of anilines is 1. The van der Waals surface area contributed by atoms with Gasteiger partial charge in [0.1, 0.15) is 5.78 Å². The molecule has 2 fully saturated rings. The van der Waals surface area contributed by atoms with Crippen molar-refractivity contribution in [2.24, 2.45) is 5.92 Å². The van der Waals surface area contributed by atoms with Crippen LogP contribution in [0.2, 0.25) is 0 Å². The molecule has 0 radical (unpaired) electrons. The highest BCUT2D eigenvalue weighted by atomic mass is 16.2. The molecule has 1 amide bonds. The van der Waals surface area contributed by atoms with Crippen molar-refractivity contribution in [2.75, 3.05) is 31.1 Å². The van der Waals surface area contributed by atoms with Crippen LogP contribution in [0.5, 0.6) is 0 Å². The fourth-order valence-electron chi connectivity index (χ4n) is 3.27. The van der Waals surface area contributed by atoms with E-state index in [4.69, 9.17) is 0 Å². The summed E-state index contributed by atoms with van der Waals surface area (Å²) in [4.78, 5) is 28.1. The van der Waals surface area contributed by atoms with E-state index < -0.39 is 0 Å². The van der Waals surface area contributed by atoms with Gasteiger partial charge in [-0.15, -0.1) is 0 Å². The number of benzene rings is 1. The molecule has 0 spiro atoms.